The normalized spacial score (nSPS) is 11.0. The molecule has 0 aliphatic rings. The highest BCUT2D eigenvalue weighted by molar-refractivity contribution is 5.59. The molecule has 0 saturated carbocycles. The van der Waals surface area contributed by atoms with E-state index in [0.29, 0.717) is 18.1 Å². The molecule has 0 atom stereocenters. The van der Waals surface area contributed by atoms with Gasteiger partial charge in [0, 0.05) is 19.4 Å². The number of fused-ring (bicyclic) bond motifs is 1. The summed E-state index contributed by atoms with van der Waals surface area (Å²) in [6.07, 6.45) is 3.90. The number of nitro groups is 1. The predicted molar refractivity (Wildman–Crippen MR) is 81.9 cm³/mol. The van der Waals surface area contributed by atoms with E-state index in [2.05, 4.69) is 15.4 Å². The first-order chi connectivity index (χ1) is 10.5. The van der Waals surface area contributed by atoms with E-state index in [1.807, 2.05) is 35.9 Å². The minimum absolute atomic E-state index is 0.00195. The van der Waals surface area contributed by atoms with Gasteiger partial charge in [-0.15, -0.1) is 0 Å². The van der Waals surface area contributed by atoms with Crippen LogP contribution in [0.3, 0.4) is 0 Å². The number of hydrogen-bond donors (Lipinski definition) is 1. The summed E-state index contributed by atoms with van der Waals surface area (Å²) in [4.78, 5) is 15.2. The second kappa shape index (κ2) is 5.14. The lowest BCUT2D eigenvalue weighted by Gasteiger charge is -2.03. The number of aryl methyl sites for hydroxylation is 3. The van der Waals surface area contributed by atoms with E-state index in [-0.39, 0.29) is 5.69 Å². The Morgan fingerprint density at radius 2 is 2.09 bits per heavy atom. The van der Waals surface area contributed by atoms with Gasteiger partial charge in [0.2, 0.25) is 5.82 Å². The third kappa shape index (κ3) is 2.39. The Labute approximate surface area is 126 Å². The van der Waals surface area contributed by atoms with Crippen molar-refractivity contribution in [2.75, 3.05) is 5.32 Å². The van der Waals surface area contributed by atoms with Crippen LogP contribution in [-0.4, -0.2) is 24.1 Å². The average molecular weight is 300 g/mol. The fraction of sp³-hybridized carbons (Fsp3) is 0.286. The Bertz CT molecular complexity index is 864. The predicted octanol–water partition coefficient (Wildman–Crippen LogP) is 2.20. The number of imidazole rings is 1. The first-order valence-corrected chi connectivity index (χ1v) is 6.82. The molecule has 0 unspecified atom stereocenters. The van der Waals surface area contributed by atoms with Gasteiger partial charge >= 0.3 is 5.69 Å². The van der Waals surface area contributed by atoms with Crippen molar-refractivity contribution in [3.63, 3.8) is 0 Å². The van der Waals surface area contributed by atoms with Crippen molar-refractivity contribution < 1.29 is 4.92 Å². The van der Waals surface area contributed by atoms with Crippen molar-refractivity contribution in [1.82, 2.24) is 19.2 Å². The Kier molecular flexibility index (Phi) is 3.28. The van der Waals surface area contributed by atoms with Crippen LogP contribution in [0.25, 0.3) is 5.65 Å². The molecular formula is C14H16N6O2. The second-order valence-electron chi connectivity index (χ2n) is 5.22. The van der Waals surface area contributed by atoms with Gasteiger partial charge in [-0.05, 0) is 25.5 Å². The van der Waals surface area contributed by atoms with Gasteiger partial charge in [-0.3, -0.25) is 10.1 Å². The van der Waals surface area contributed by atoms with Gasteiger partial charge in [0.05, 0.1) is 17.2 Å². The molecule has 0 spiro atoms. The molecule has 3 aromatic rings. The molecule has 0 aromatic carbocycles. The van der Waals surface area contributed by atoms with Crippen LogP contribution in [0.15, 0.2) is 24.5 Å². The van der Waals surface area contributed by atoms with Gasteiger partial charge in [0.15, 0.2) is 0 Å². The van der Waals surface area contributed by atoms with Crippen molar-refractivity contribution in [3.8, 4) is 0 Å². The van der Waals surface area contributed by atoms with Gasteiger partial charge in [-0.2, -0.15) is 5.10 Å². The summed E-state index contributed by atoms with van der Waals surface area (Å²) in [6, 6.07) is 3.93. The monoisotopic (exact) mass is 300 g/mol. The maximum absolute atomic E-state index is 11.1. The van der Waals surface area contributed by atoms with E-state index < -0.39 is 4.92 Å². The van der Waals surface area contributed by atoms with Crippen molar-refractivity contribution in [2.45, 2.75) is 20.4 Å². The number of pyridine rings is 1. The van der Waals surface area contributed by atoms with Crippen LogP contribution in [-0.2, 0) is 13.6 Å². The zero-order valence-electron chi connectivity index (χ0n) is 12.6. The maximum atomic E-state index is 11.1. The molecule has 22 heavy (non-hydrogen) atoms. The standard InChI is InChI=1S/C14H16N6O2/c1-9-4-5-12-16-11(8-19(12)7-9)6-15-14-13(20(21)22)10(2)17-18(14)3/h4-5,7-8,15H,6H2,1-3H3. The largest absolute Gasteiger partial charge is 0.359 e. The van der Waals surface area contributed by atoms with E-state index in [4.69, 9.17) is 0 Å². The Balaban J connectivity index is 1.86. The molecule has 0 amide bonds. The topological polar surface area (TPSA) is 90.3 Å². The number of nitrogens with one attached hydrogen (secondary N) is 1. The van der Waals surface area contributed by atoms with Gasteiger partial charge in [-0.1, -0.05) is 6.07 Å². The molecule has 1 N–H and O–H groups in total. The highest BCUT2D eigenvalue weighted by Gasteiger charge is 2.23. The van der Waals surface area contributed by atoms with Crippen molar-refractivity contribution in [2.24, 2.45) is 7.05 Å². The third-order valence-corrected chi connectivity index (χ3v) is 3.46. The summed E-state index contributed by atoms with van der Waals surface area (Å²) in [6.45, 7) is 4.02. The number of rotatable bonds is 4. The highest BCUT2D eigenvalue weighted by Crippen LogP contribution is 2.27. The minimum atomic E-state index is -0.419. The van der Waals surface area contributed by atoms with Crippen LogP contribution < -0.4 is 5.32 Å². The molecule has 0 aliphatic carbocycles. The second-order valence-corrected chi connectivity index (χ2v) is 5.22. The molecule has 3 aromatic heterocycles. The third-order valence-electron chi connectivity index (χ3n) is 3.46. The number of nitrogens with zero attached hydrogens (tertiary/aromatic N) is 5. The Hall–Kier alpha value is -2.90. The average Bonchev–Trinajstić information content (AvgIpc) is 2.95. The fourth-order valence-corrected chi connectivity index (χ4v) is 2.48. The van der Waals surface area contributed by atoms with Crippen LogP contribution in [0, 0.1) is 24.0 Å². The summed E-state index contributed by atoms with van der Waals surface area (Å²) in [7, 11) is 1.68. The summed E-state index contributed by atoms with van der Waals surface area (Å²) < 4.78 is 3.42. The van der Waals surface area contributed by atoms with Gasteiger partial charge in [-0.25, -0.2) is 9.67 Å². The first-order valence-electron chi connectivity index (χ1n) is 6.82. The van der Waals surface area contributed by atoms with Crippen LogP contribution in [0.1, 0.15) is 17.0 Å². The minimum Gasteiger partial charge on any atom is -0.359 e. The summed E-state index contributed by atoms with van der Waals surface area (Å²) in [5, 5.41) is 18.3. The molecule has 0 saturated heterocycles. The van der Waals surface area contributed by atoms with Crippen molar-refractivity contribution >= 4 is 17.2 Å². The molecule has 0 aliphatic heterocycles. The van der Waals surface area contributed by atoms with E-state index in [1.165, 1.54) is 4.68 Å². The number of aromatic nitrogens is 4. The lowest BCUT2D eigenvalue weighted by molar-refractivity contribution is -0.384. The Morgan fingerprint density at radius 3 is 2.82 bits per heavy atom. The molecule has 114 valence electrons. The molecule has 3 rings (SSSR count). The Morgan fingerprint density at radius 1 is 1.32 bits per heavy atom. The van der Waals surface area contributed by atoms with Crippen LogP contribution in [0.5, 0.6) is 0 Å². The fourth-order valence-electron chi connectivity index (χ4n) is 2.48. The molecular weight excluding hydrogens is 284 g/mol. The summed E-state index contributed by atoms with van der Waals surface area (Å²) >= 11 is 0. The highest BCUT2D eigenvalue weighted by atomic mass is 16.6. The van der Waals surface area contributed by atoms with Crippen molar-refractivity contribution in [3.05, 3.63) is 51.6 Å². The lowest BCUT2D eigenvalue weighted by Crippen LogP contribution is -2.06. The molecule has 0 fully saturated rings. The smallest absolute Gasteiger partial charge is 0.333 e. The zero-order chi connectivity index (χ0) is 15.9. The van der Waals surface area contributed by atoms with E-state index >= 15 is 0 Å². The first kappa shape index (κ1) is 14.1. The van der Waals surface area contributed by atoms with Gasteiger partial charge in [0.25, 0.3) is 0 Å². The van der Waals surface area contributed by atoms with E-state index in [1.54, 1.807) is 14.0 Å². The molecule has 8 heteroatoms. The van der Waals surface area contributed by atoms with Crippen molar-refractivity contribution in [1.29, 1.82) is 0 Å². The number of hydrogen-bond acceptors (Lipinski definition) is 5. The number of anilines is 1. The van der Waals surface area contributed by atoms with Crippen LogP contribution >= 0.6 is 0 Å². The maximum Gasteiger partial charge on any atom is 0.333 e. The molecule has 0 radical (unpaired) electrons. The van der Waals surface area contributed by atoms with Gasteiger partial charge < -0.3 is 9.72 Å². The van der Waals surface area contributed by atoms with E-state index in [9.17, 15) is 10.1 Å². The molecule has 3 heterocycles. The summed E-state index contributed by atoms with van der Waals surface area (Å²) in [5.74, 6) is 0.385. The molecule has 8 nitrogen and oxygen atoms in total. The van der Waals surface area contributed by atoms with Crippen LogP contribution in [0.2, 0.25) is 0 Å². The van der Waals surface area contributed by atoms with E-state index in [0.717, 1.165) is 16.9 Å². The quantitative estimate of drug-likeness (QED) is 0.589. The summed E-state index contributed by atoms with van der Waals surface area (Å²) in [5.41, 5.74) is 3.18. The van der Waals surface area contributed by atoms with Gasteiger partial charge in [0.1, 0.15) is 11.3 Å². The zero-order valence-corrected chi connectivity index (χ0v) is 12.6. The van der Waals surface area contributed by atoms with Crippen LogP contribution in [0.4, 0.5) is 11.5 Å². The molecule has 0 bridgehead atoms. The SMILES string of the molecule is Cc1ccc2nc(CNc3c([N+](=O)[O-])c(C)nn3C)cn2c1. The lowest BCUT2D eigenvalue weighted by atomic mass is 10.3.